The van der Waals surface area contributed by atoms with Crippen LogP contribution in [0.5, 0.6) is 5.75 Å². The van der Waals surface area contributed by atoms with E-state index in [0.717, 1.165) is 18.4 Å². The molecular formula is C13H16N2O2. The maximum Gasteiger partial charge on any atom is 0.229 e. The van der Waals surface area contributed by atoms with Gasteiger partial charge in [-0.25, -0.2) is 0 Å². The van der Waals surface area contributed by atoms with E-state index in [0.29, 0.717) is 11.7 Å². The Morgan fingerprint density at radius 3 is 2.94 bits per heavy atom. The molecule has 2 rings (SSSR count). The molecule has 1 N–H and O–H groups in total. The summed E-state index contributed by atoms with van der Waals surface area (Å²) in [5, 5.41) is 13.3. The predicted molar refractivity (Wildman–Crippen MR) is 64.7 cm³/mol. The number of phenolic OH excluding ortho intramolecular Hbond substituents is 1. The predicted octanol–water partition coefficient (Wildman–Crippen LogP) is 3.35. The Labute approximate surface area is 100 Å². The van der Waals surface area contributed by atoms with E-state index in [1.807, 2.05) is 6.07 Å². The van der Waals surface area contributed by atoms with E-state index in [9.17, 15) is 5.11 Å². The van der Waals surface area contributed by atoms with Crippen LogP contribution in [0.25, 0.3) is 11.4 Å². The summed E-state index contributed by atoms with van der Waals surface area (Å²) in [6, 6.07) is 6.85. The summed E-state index contributed by atoms with van der Waals surface area (Å²) in [6.45, 7) is 4.20. The second-order valence-corrected chi connectivity index (χ2v) is 4.20. The van der Waals surface area contributed by atoms with Gasteiger partial charge in [0.25, 0.3) is 0 Å². The van der Waals surface area contributed by atoms with E-state index in [2.05, 4.69) is 24.0 Å². The first kappa shape index (κ1) is 11.6. The molecular weight excluding hydrogens is 216 g/mol. The van der Waals surface area contributed by atoms with Gasteiger partial charge in [-0.15, -0.1) is 0 Å². The molecule has 4 nitrogen and oxygen atoms in total. The highest BCUT2D eigenvalue weighted by atomic mass is 16.5. The molecule has 17 heavy (non-hydrogen) atoms. The van der Waals surface area contributed by atoms with Crippen molar-refractivity contribution in [3.8, 4) is 17.1 Å². The van der Waals surface area contributed by atoms with Crippen molar-refractivity contribution in [3.63, 3.8) is 0 Å². The number of hydrogen-bond donors (Lipinski definition) is 1. The lowest BCUT2D eigenvalue weighted by Crippen LogP contribution is -1.92. The fourth-order valence-corrected chi connectivity index (χ4v) is 1.75. The number of rotatable bonds is 4. The number of aromatic hydroxyl groups is 1. The van der Waals surface area contributed by atoms with Gasteiger partial charge in [-0.2, -0.15) is 4.98 Å². The molecule has 0 fully saturated rings. The van der Waals surface area contributed by atoms with Crippen molar-refractivity contribution in [2.45, 2.75) is 32.6 Å². The molecule has 0 aliphatic carbocycles. The number of hydrogen-bond acceptors (Lipinski definition) is 4. The topological polar surface area (TPSA) is 59.2 Å². The summed E-state index contributed by atoms with van der Waals surface area (Å²) >= 11 is 0. The van der Waals surface area contributed by atoms with Gasteiger partial charge in [0.1, 0.15) is 5.75 Å². The molecule has 1 aromatic carbocycles. The molecule has 1 aromatic heterocycles. The van der Waals surface area contributed by atoms with Crippen LogP contribution in [-0.4, -0.2) is 15.2 Å². The molecule has 0 saturated carbocycles. The average molecular weight is 232 g/mol. The average Bonchev–Trinajstić information content (AvgIpc) is 2.78. The van der Waals surface area contributed by atoms with Gasteiger partial charge in [0.2, 0.25) is 11.7 Å². The van der Waals surface area contributed by atoms with Gasteiger partial charge in [-0.3, -0.25) is 0 Å². The Morgan fingerprint density at radius 1 is 1.41 bits per heavy atom. The first-order valence-corrected chi connectivity index (χ1v) is 5.83. The molecule has 90 valence electrons. The fraction of sp³-hybridized carbons (Fsp3) is 0.385. The SMILES string of the molecule is CCCC(C)c1nc(-c2cccc(O)c2)no1. The van der Waals surface area contributed by atoms with Gasteiger partial charge in [-0.1, -0.05) is 37.6 Å². The zero-order valence-corrected chi connectivity index (χ0v) is 10.1. The third kappa shape index (κ3) is 2.64. The minimum Gasteiger partial charge on any atom is -0.508 e. The third-order valence-corrected chi connectivity index (χ3v) is 2.69. The highest BCUT2D eigenvalue weighted by molar-refractivity contribution is 5.56. The van der Waals surface area contributed by atoms with Gasteiger partial charge in [0.05, 0.1) is 0 Å². The molecule has 1 heterocycles. The van der Waals surface area contributed by atoms with Gasteiger partial charge in [0, 0.05) is 11.5 Å². The van der Waals surface area contributed by atoms with Crippen LogP contribution in [0.1, 0.15) is 38.5 Å². The van der Waals surface area contributed by atoms with Crippen LogP contribution in [0.3, 0.4) is 0 Å². The van der Waals surface area contributed by atoms with Crippen molar-refractivity contribution in [2.75, 3.05) is 0 Å². The summed E-state index contributed by atoms with van der Waals surface area (Å²) in [6.07, 6.45) is 2.12. The molecule has 0 saturated heterocycles. The van der Waals surface area contributed by atoms with Gasteiger partial charge >= 0.3 is 0 Å². The number of aromatic nitrogens is 2. The fourth-order valence-electron chi connectivity index (χ4n) is 1.75. The van der Waals surface area contributed by atoms with Crippen molar-refractivity contribution in [2.24, 2.45) is 0 Å². The van der Waals surface area contributed by atoms with Crippen LogP contribution in [0.15, 0.2) is 28.8 Å². The van der Waals surface area contributed by atoms with Gasteiger partial charge in [-0.05, 0) is 18.6 Å². The van der Waals surface area contributed by atoms with E-state index in [-0.39, 0.29) is 11.7 Å². The summed E-state index contributed by atoms with van der Waals surface area (Å²) in [7, 11) is 0. The Kier molecular flexibility index (Phi) is 3.42. The second-order valence-electron chi connectivity index (χ2n) is 4.20. The van der Waals surface area contributed by atoms with Crippen molar-refractivity contribution < 1.29 is 9.63 Å². The molecule has 1 unspecified atom stereocenters. The first-order valence-electron chi connectivity index (χ1n) is 5.83. The molecule has 0 aliphatic heterocycles. The molecule has 0 radical (unpaired) electrons. The van der Waals surface area contributed by atoms with Crippen LogP contribution in [0.4, 0.5) is 0 Å². The van der Waals surface area contributed by atoms with Crippen molar-refractivity contribution in [1.82, 2.24) is 10.1 Å². The Morgan fingerprint density at radius 2 is 2.24 bits per heavy atom. The Bertz CT molecular complexity index is 494. The van der Waals surface area contributed by atoms with Crippen LogP contribution in [0.2, 0.25) is 0 Å². The normalized spacial score (nSPS) is 12.6. The number of benzene rings is 1. The largest absolute Gasteiger partial charge is 0.508 e. The monoisotopic (exact) mass is 232 g/mol. The summed E-state index contributed by atoms with van der Waals surface area (Å²) < 4.78 is 5.23. The quantitative estimate of drug-likeness (QED) is 0.878. The highest BCUT2D eigenvalue weighted by Crippen LogP contribution is 2.24. The number of nitrogens with zero attached hydrogens (tertiary/aromatic N) is 2. The minimum absolute atomic E-state index is 0.204. The smallest absolute Gasteiger partial charge is 0.229 e. The molecule has 0 spiro atoms. The summed E-state index contributed by atoms with van der Waals surface area (Å²) in [5.74, 6) is 1.66. The van der Waals surface area contributed by atoms with Gasteiger partial charge in [0.15, 0.2) is 0 Å². The highest BCUT2D eigenvalue weighted by Gasteiger charge is 2.14. The van der Waals surface area contributed by atoms with E-state index in [4.69, 9.17) is 4.52 Å². The van der Waals surface area contributed by atoms with E-state index in [1.165, 1.54) is 0 Å². The molecule has 4 heteroatoms. The van der Waals surface area contributed by atoms with E-state index < -0.39 is 0 Å². The third-order valence-electron chi connectivity index (χ3n) is 2.69. The standard InChI is InChI=1S/C13H16N2O2/c1-3-5-9(2)13-14-12(15-17-13)10-6-4-7-11(16)8-10/h4,6-9,16H,3,5H2,1-2H3. The lowest BCUT2D eigenvalue weighted by atomic mass is 10.1. The van der Waals surface area contributed by atoms with E-state index >= 15 is 0 Å². The lowest BCUT2D eigenvalue weighted by molar-refractivity contribution is 0.353. The van der Waals surface area contributed by atoms with Crippen LogP contribution in [-0.2, 0) is 0 Å². The summed E-state index contributed by atoms with van der Waals surface area (Å²) in [4.78, 5) is 4.35. The Balaban J connectivity index is 2.23. The molecule has 0 aliphatic rings. The van der Waals surface area contributed by atoms with Gasteiger partial charge < -0.3 is 9.63 Å². The van der Waals surface area contributed by atoms with Crippen LogP contribution < -0.4 is 0 Å². The molecule has 1 atom stereocenters. The first-order chi connectivity index (χ1) is 8.20. The zero-order chi connectivity index (χ0) is 12.3. The van der Waals surface area contributed by atoms with Crippen molar-refractivity contribution in [3.05, 3.63) is 30.2 Å². The zero-order valence-electron chi connectivity index (χ0n) is 10.1. The van der Waals surface area contributed by atoms with E-state index in [1.54, 1.807) is 18.2 Å². The van der Waals surface area contributed by atoms with Crippen LogP contribution in [0, 0.1) is 0 Å². The maximum atomic E-state index is 9.39. The van der Waals surface area contributed by atoms with Crippen molar-refractivity contribution in [1.29, 1.82) is 0 Å². The second kappa shape index (κ2) is 4.99. The Hall–Kier alpha value is -1.84. The lowest BCUT2D eigenvalue weighted by Gasteiger charge is -2.01. The minimum atomic E-state index is 0.204. The molecule has 2 aromatic rings. The molecule has 0 bridgehead atoms. The molecule has 0 amide bonds. The maximum absolute atomic E-state index is 9.39. The van der Waals surface area contributed by atoms with Crippen LogP contribution >= 0.6 is 0 Å². The number of phenols is 1. The summed E-state index contributed by atoms with van der Waals surface area (Å²) in [5.41, 5.74) is 0.767. The van der Waals surface area contributed by atoms with Crippen molar-refractivity contribution >= 4 is 0 Å².